The van der Waals surface area contributed by atoms with Crippen LogP contribution in [0.3, 0.4) is 0 Å². The molecule has 0 radical (unpaired) electrons. The highest BCUT2D eigenvalue weighted by atomic mass is 16.2. The Morgan fingerprint density at radius 2 is 2.04 bits per heavy atom. The summed E-state index contributed by atoms with van der Waals surface area (Å²) >= 11 is 0. The van der Waals surface area contributed by atoms with E-state index in [0.29, 0.717) is 11.9 Å². The number of nitrogens with zero attached hydrogens (tertiary/aromatic N) is 5. The van der Waals surface area contributed by atoms with Crippen molar-refractivity contribution in [1.29, 1.82) is 0 Å². The lowest BCUT2D eigenvalue weighted by molar-refractivity contribution is -0.116. The number of amides is 1. The summed E-state index contributed by atoms with van der Waals surface area (Å²) in [6, 6.07) is 7.82. The number of hydrogen-bond acceptors (Lipinski definition) is 5. The van der Waals surface area contributed by atoms with Gasteiger partial charge in [-0.2, -0.15) is 10.1 Å². The molecule has 8 nitrogen and oxygen atoms in total. The van der Waals surface area contributed by atoms with Crippen LogP contribution in [0.2, 0.25) is 0 Å². The summed E-state index contributed by atoms with van der Waals surface area (Å²) in [7, 11) is 1.81. The van der Waals surface area contributed by atoms with E-state index in [4.69, 9.17) is 0 Å². The van der Waals surface area contributed by atoms with Crippen molar-refractivity contribution in [3.63, 3.8) is 0 Å². The van der Waals surface area contributed by atoms with Gasteiger partial charge >= 0.3 is 0 Å². The Labute approximate surface area is 151 Å². The third-order valence-electron chi connectivity index (χ3n) is 4.88. The van der Waals surface area contributed by atoms with Crippen LogP contribution in [0.1, 0.15) is 30.4 Å². The first-order valence-corrected chi connectivity index (χ1v) is 8.95. The number of aryl methyl sites for hydroxylation is 2. The average molecular weight is 353 g/mol. The molecule has 26 heavy (non-hydrogen) atoms. The molecule has 1 fully saturated rings. The Bertz CT molecular complexity index is 936. The van der Waals surface area contributed by atoms with E-state index in [1.54, 1.807) is 4.68 Å². The maximum atomic E-state index is 12.6. The van der Waals surface area contributed by atoms with E-state index in [1.165, 1.54) is 0 Å². The number of para-hydroxylation sites is 2. The third-order valence-corrected chi connectivity index (χ3v) is 4.88. The number of aromatic nitrogens is 5. The maximum absolute atomic E-state index is 12.6. The van der Waals surface area contributed by atoms with E-state index in [9.17, 15) is 4.79 Å². The van der Waals surface area contributed by atoms with Crippen molar-refractivity contribution in [2.45, 2.75) is 32.2 Å². The zero-order chi connectivity index (χ0) is 18.1. The Morgan fingerprint density at radius 1 is 1.27 bits per heavy atom. The first kappa shape index (κ1) is 16.7. The van der Waals surface area contributed by atoms with Crippen LogP contribution in [0.15, 0.2) is 24.3 Å². The molecular formula is C18H23N7O. The number of carbonyl (C=O) groups excluding carboxylic acids is 1. The zero-order valence-electron chi connectivity index (χ0n) is 15.1. The van der Waals surface area contributed by atoms with Gasteiger partial charge < -0.3 is 9.88 Å². The van der Waals surface area contributed by atoms with Gasteiger partial charge in [-0.25, -0.2) is 9.67 Å². The van der Waals surface area contributed by atoms with Crippen molar-refractivity contribution in [2.24, 2.45) is 7.05 Å². The van der Waals surface area contributed by atoms with Gasteiger partial charge in [0.1, 0.15) is 12.4 Å². The van der Waals surface area contributed by atoms with Gasteiger partial charge in [0.2, 0.25) is 11.9 Å². The highest BCUT2D eigenvalue weighted by Crippen LogP contribution is 2.23. The largest absolute Gasteiger partial charge is 0.319 e. The minimum absolute atomic E-state index is 0.136. The molecule has 0 bridgehead atoms. The van der Waals surface area contributed by atoms with E-state index in [0.717, 1.165) is 48.6 Å². The lowest BCUT2D eigenvalue weighted by Crippen LogP contribution is -2.27. The summed E-state index contributed by atoms with van der Waals surface area (Å²) in [5.74, 6) is 2.34. The van der Waals surface area contributed by atoms with E-state index in [2.05, 4.69) is 25.7 Å². The Kier molecular flexibility index (Phi) is 4.42. The normalized spacial score (nSPS) is 15.5. The van der Waals surface area contributed by atoms with E-state index < -0.39 is 0 Å². The van der Waals surface area contributed by atoms with Crippen molar-refractivity contribution in [3.05, 3.63) is 35.9 Å². The second-order valence-electron chi connectivity index (χ2n) is 6.72. The molecule has 1 aliphatic rings. The van der Waals surface area contributed by atoms with Gasteiger partial charge in [-0.15, -0.1) is 0 Å². The van der Waals surface area contributed by atoms with Gasteiger partial charge in [0.15, 0.2) is 5.82 Å². The molecular weight excluding hydrogens is 330 g/mol. The van der Waals surface area contributed by atoms with Crippen LogP contribution in [0.25, 0.3) is 11.0 Å². The second kappa shape index (κ2) is 6.87. The SMILES string of the molecule is Cc1nc2ccccc2n1CC(=O)Nc1nc(C2CCNCC2)nn1C. The van der Waals surface area contributed by atoms with E-state index >= 15 is 0 Å². The molecule has 8 heteroatoms. The number of imidazole rings is 1. The summed E-state index contributed by atoms with van der Waals surface area (Å²) < 4.78 is 3.56. The number of anilines is 1. The number of hydrogen-bond donors (Lipinski definition) is 2. The van der Waals surface area contributed by atoms with Gasteiger partial charge in [0, 0.05) is 13.0 Å². The van der Waals surface area contributed by atoms with Crippen molar-refractivity contribution >= 4 is 22.9 Å². The molecule has 2 N–H and O–H groups in total. The predicted molar refractivity (Wildman–Crippen MR) is 98.9 cm³/mol. The van der Waals surface area contributed by atoms with Gasteiger partial charge in [-0.3, -0.25) is 10.1 Å². The standard InChI is InChI=1S/C18H23N7O/c1-12-20-14-5-3-4-6-15(14)25(12)11-16(26)21-18-22-17(23-24(18)2)13-7-9-19-10-8-13/h3-6,13,19H,7-11H2,1-2H3,(H,21,22,23,26). The molecule has 0 unspecified atom stereocenters. The number of fused-ring (bicyclic) bond motifs is 1. The van der Waals surface area contributed by atoms with E-state index in [-0.39, 0.29) is 12.5 Å². The maximum Gasteiger partial charge on any atom is 0.246 e. The van der Waals surface area contributed by atoms with Gasteiger partial charge in [-0.1, -0.05) is 12.1 Å². The number of piperidine rings is 1. The van der Waals surface area contributed by atoms with Crippen molar-refractivity contribution in [3.8, 4) is 0 Å². The Morgan fingerprint density at radius 3 is 2.85 bits per heavy atom. The number of benzene rings is 1. The second-order valence-corrected chi connectivity index (χ2v) is 6.72. The molecule has 4 rings (SSSR count). The fourth-order valence-corrected chi connectivity index (χ4v) is 3.47. The van der Waals surface area contributed by atoms with Gasteiger partial charge in [0.05, 0.1) is 11.0 Å². The summed E-state index contributed by atoms with van der Waals surface area (Å²) in [5, 5.41) is 10.7. The molecule has 1 saturated heterocycles. The third kappa shape index (κ3) is 3.20. The number of rotatable bonds is 4. The minimum atomic E-state index is -0.136. The summed E-state index contributed by atoms with van der Waals surface area (Å²) in [6.07, 6.45) is 2.05. The van der Waals surface area contributed by atoms with Crippen molar-refractivity contribution in [1.82, 2.24) is 29.6 Å². The van der Waals surface area contributed by atoms with Crippen LogP contribution >= 0.6 is 0 Å². The fraction of sp³-hybridized carbons (Fsp3) is 0.444. The Hall–Kier alpha value is -2.74. The van der Waals surface area contributed by atoms with Gasteiger partial charge in [-0.05, 0) is 45.0 Å². The summed E-state index contributed by atoms with van der Waals surface area (Å²) in [6.45, 7) is 4.07. The molecule has 1 aromatic carbocycles. The highest BCUT2D eigenvalue weighted by molar-refractivity contribution is 5.90. The smallest absolute Gasteiger partial charge is 0.246 e. The first-order chi connectivity index (χ1) is 12.6. The van der Waals surface area contributed by atoms with Crippen LogP contribution in [0.5, 0.6) is 0 Å². The van der Waals surface area contributed by atoms with Crippen LogP contribution in [-0.2, 0) is 18.4 Å². The van der Waals surface area contributed by atoms with Crippen LogP contribution in [-0.4, -0.2) is 43.3 Å². The van der Waals surface area contributed by atoms with Crippen molar-refractivity contribution < 1.29 is 4.79 Å². The highest BCUT2D eigenvalue weighted by Gasteiger charge is 2.21. The van der Waals surface area contributed by atoms with E-state index in [1.807, 2.05) is 42.8 Å². The molecule has 1 aliphatic heterocycles. The Balaban J connectivity index is 1.49. The van der Waals surface area contributed by atoms with Crippen LogP contribution in [0.4, 0.5) is 5.95 Å². The van der Waals surface area contributed by atoms with Crippen LogP contribution in [0, 0.1) is 6.92 Å². The molecule has 2 aromatic heterocycles. The fourth-order valence-electron chi connectivity index (χ4n) is 3.47. The summed E-state index contributed by atoms with van der Waals surface area (Å²) in [4.78, 5) is 21.6. The first-order valence-electron chi connectivity index (χ1n) is 8.95. The molecule has 1 amide bonds. The molecule has 3 heterocycles. The molecule has 3 aromatic rings. The molecule has 0 atom stereocenters. The monoisotopic (exact) mass is 353 g/mol. The topological polar surface area (TPSA) is 89.7 Å². The molecule has 0 saturated carbocycles. The zero-order valence-corrected chi connectivity index (χ0v) is 15.1. The average Bonchev–Trinajstić information content (AvgIpc) is 3.16. The molecule has 0 aliphatic carbocycles. The predicted octanol–water partition coefficient (Wildman–Crippen LogP) is 1.58. The van der Waals surface area contributed by atoms with Gasteiger partial charge in [0.25, 0.3) is 0 Å². The van der Waals surface area contributed by atoms with Crippen LogP contribution < -0.4 is 10.6 Å². The summed E-state index contributed by atoms with van der Waals surface area (Å²) in [5.41, 5.74) is 1.85. The van der Waals surface area contributed by atoms with Crippen molar-refractivity contribution in [2.75, 3.05) is 18.4 Å². The minimum Gasteiger partial charge on any atom is -0.319 e. The number of nitrogens with one attached hydrogen (secondary N) is 2. The molecule has 136 valence electrons. The number of carbonyl (C=O) groups is 1. The molecule has 0 spiro atoms. The lowest BCUT2D eigenvalue weighted by Gasteiger charge is -2.19. The lowest BCUT2D eigenvalue weighted by atomic mass is 9.98. The quantitative estimate of drug-likeness (QED) is 0.743.